The number of rotatable bonds is 3. The van der Waals surface area contributed by atoms with Gasteiger partial charge in [-0.2, -0.15) is 0 Å². The second-order valence-corrected chi connectivity index (χ2v) is 4.82. The molecule has 5 heteroatoms. The van der Waals surface area contributed by atoms with Gasteiger partial charge in [0.15, 0.2) is 0 Å². The Balaban J connectivity index is 2.02. The number of carboxylic acid groups (broad SMARTS) is 1. The third kappa shape index (κ3) is 2.91. The molecule has 98 valence electrons. The van der Waals surface area contributed by atoms with Crippen molar-refractivity contribution in [2.75, 3.05) is 6.54 Å². The molecule has 2 rings (SSSR count). The normalized spacial score (nSPS) is 20.8. The van der Waals surface area contributed by atoms with Crippen LogP contribution in [0.4, 0.5) is 0 Å². The van der Waals surface area contributed by atoms with Crippen molar-refractivity contribution in [2.45, 2.75) is 32.7 Å². The van der Waals surface area contributed by atoms with Crippen molar-refractivity contribution in [3.05, 3.63) is 23.7 Å². The van der Waals surface area contributed by atoms with E-state index in [0.29, 0.717) is 31.2 Å². The average Bonchev–Trinajstić information content (AvgIpc) is 2.74. The van der Waals surface area contributed by atoms with E-state index in [1.807, 2.05) is 0 Å². The molecule has 1 amide bonds. The summed E-state index contributed by atoms with van der Waals surface area (Å²) in [7, 11) is 0. The van der Waals surface area contributed by atoms with Crippen molar-refractivity contribution in [1.29, 1.82) is 0 Å². The molecule has 1 aromatic heterocycles. The summed E-state index contributed by atoms with van der Waals surface area (Å²) in [6.45, 7) is 3.22. The number of aromatic carboxylic acids is 1. The summed E-state index contributed by atoms with van der Waals surface area (Å²) in [5.74, 6) is 0.0331. The molecule has 1 N–H and O–H groups in total. The second-order valence-electron chi connectivity index (χ2n) is 4.82. The molecule has 1 aliphatic heterocycles. The van der Waals surface area contributed by atoms with Crippen LogP contribution in [-0.2, 0) is 11.3 Å². The van der Waals surface area contributed by atoms with E-state index in [0.717, 1.165) is 12.8 Å². The number of amides is 1. The largest absolute Gasteiger partial charge is 0.475 e. The lowest BCUT2D eigenvalue weighted by molar-refractivity contribution is -0.131. The highest BCUT2D eigenvalue weighted by Crippen LogP contribution is 2.20. The first-order valence-electron chi connectivity index (χ1n) is 6.16. The predicted octanol–water partition coefficient (Wildman–Crippen LogP) is 2.13. The first-order valence-corrected chi connectivity index (χ1v) is 6.16. The molecule has 18 heavy (non-hydrogen) atoms. The van der Waals surface area contributed by atoms with E-state index < -0.39 is 5.97 Å². The van der Waals surface area contributed by atoms with Crippen LogP contribution in [0.1, 0.15) is 42.5 Å². The van der Waals surface area contributed by atoms with Crippen LogP contribution in [-0.4, -0.2) is 28.4 Å². The maximum absolute atomic E-state index is 11.9. The maximum Gasteiger partial charge on any atom is 0.371 e. The smallest absolute Gasteiger partial charge is 0.371 e. The molecule has 0 aromatic carbocycles. The molecule has 1 fully saturated rings. The monoisotopic (exact) mass is 251 g/mol. The number of carbonyl (C=O) groups excluding carboxylic acids is 1. The van der Waals surface area contributed by atoms with Gasteiger partial charge in [-0.05, 0) is 30.9 Å². The van der Waals surface area contributed by atoms with E-state index in [1.54, 1.807) is 11.0 Å². The van der Waals surface area contributed by atoms with E-state index in [-0.39, 0.29) is 11.7 Å². The van der Waals surface area contributed by atoms with Gasteiger partial charge in [0.05, 0.1) is 6.54 Å². The highest BCUT2D eigenvalue weighted by molar-refractivity contribution is 5.84. The van der Waals surface area contributed by atoms with Gasteiger partial charge in [0, 0.05) is 13.0 Å². The molecule has 5 nitrogen and oxygen atoms in total. The highest BCUT2D eigenvalue weighted by Gasteiger charge is 2.21. The third-order valence-corrected chi connectivity index (χ3v) is 3.31. The van der Waals surface area contributed by atoms with Crippen LogP contribution in [0.2, 0.25) is 0 Å². The topological polar surface area (TPSA) is 70.8 Å². The molecule has 0 saturated carbocycles. The standard InChI is InChI=1S/C13H17NO4/c1-9-2-5-12(15)14(7-6-9)8-10-3-4-11(18-10)13(16)17/h3-4,9H,2,5-8H2,1H3,(H,16,17). The van der Waals surface area contributed by atoms with E-state index >= 15 is 0 Å². The number of carboxylic acids is 1. The first-order chi connectivity index (χ1) is 8.56. The van der Waals surface area contributed by atoms with E-state index in [9.17, 15) is 9.59 Å². The van der Waals surface area contributed by atoms with Crippen LogP contribution < -0.4 is 0 Å². The Kier molecular flexibility index (Phi) is 3.69. The van der Waals surface area contributed by atoms with Crippen molar-refractivity contribution in [1.82, 2.24) is 4.90 Å². The summed E-state index contributed by atoms with van der Waals surface area (Å²) in [6.07, 6.45) is 2.47. The maximum atomic E-state index is 11.9. The van der Waals surface area contributed by atoms with Crippen LogP contribution in [0.25, 0.3) is 0 Å². The average molecular weight is 251 g/mol. The number of likely N-dealkylation sites (tertiary alicyclic amines) is 1. The zero-order valence-corrected chi connectivity index (χ0v) is 10.4. The van der Waals surface area contributed by atoms with Crippen LogP contribution >= 0.6 is 0 Å². The zero-order chi connectivity index (χ0) is 13.1. The fraction of sp³-hybridized carbons (Fsp3) is 0.538. The fourth-order valence-electron chi connectivity index (χ4n) is 2.11. The summed E-state index contributed by atoms with van der Waals surface area (Å²) >= 11 is 0. The van der Waals surface area contributed by atoms with E-state index in [4.69, 9.17) is 9.52 Å². The fourth-order valence-corrected chi connectivity index (χ4v) is 2.11. The van der Waals surface area contributed by atoms with Crippen molar-refractivity contribution in [3.63, 3.8) is 0 Å². The molecule has 1 saturated heterocycles. The molecule has 0 radical (unpaired) electrons. The zero-order valence-electron chi connectivity index (χ0n) is 10.4. The molecule has 0 spiro atoms. The number of carbonyl (C=O) groups is 2. The van der Waals surface area contributed by atoms with Gasteiger partial charge in [-0.25, -0.2) is 4.79 Å². The van der Waals surface area contributed by atoms with Gasteiger partial charge in [-0.3, -0.25) is 4.79 Å². The minimum Gasteiger partial charge on any atom is -0.475 e. The highest BCUT2D eigenvalue weighted by atomic mass is 16.4. The lowest BCUT2D eigenvalue weighted by Crippen LogP contribution is -2.29. The Hall–Kier alpha value is -1.78. The molecule has 1 atom stereocenters. The van der Waals surface area contributed by atoms with Gasteiger partial charge in [0.2, 0.25) is 11.7 Å². The van der Waals surface area contributed by atoms with E-state index in [1.165, 1.54) is 6.07 Å². The van der Waals surface area contributed by atoms with Gasteiger partial charge in [-0.15, -0.1) is 0 Å². The van der Waals surface area contributed by atoms with Crippen LogP contribution in [0, 0.1) is 5.92 Å². The number of furan rings is 1. The SMILES string of the molecule is CC1CCC(=O)N(Cc2ccc(C(=O)O)o2)CC1. The van der Waals surface area contributed by atoms with Crippen LogP contribution in [0.15, 0.2) is 16.5 Å². The van der Waals surface area contributed by atoms with Crippen molar-refractivity contribution >= 4 is 11.9 Å². The summed E-state index contributed by atoms with van der Waals surface area (Å²) < 4.78 is 5.17. The Morgan fingerprint density at radius 1 is 1.50 bits per heavy atom. The quantitative estimate of drug-likeness (QED) is 0.893. The Labute approximate surface area is 105 Å². The molecule has 1 unspecified atom stereocenters. The molecule has 2 heterocycles. The number of hydrogen-bond acceptors (Lipinski definition) is 3. The lowest BCUT2D eigenvalue weighted by Gasteiger charge is -2.19. The molecule has 0 bridgehead atoms. The lowest BCUT2D eigenvalue weighted by atomic mass is 10.0. The van der Waals surface area contributed by atoms with Crippen molar-refractivity contribution < 1.29 is 19.1 Å². The van der Waals surface area contributed by atoms with Gasteiger partial charge in [0.25, 0.3) is 0 Å². The Bertz CT molecular complexity index is 452. The van der Waals surface area contributed by atoms with E-state index in [2.05, 4.69) is 6.92 Å². The number of hydrogen-bond donors (Lipinski definition) is 1. The van der Waals surface area contributed by atoms with Crippen LogP contribution in [0.5, 0.6) is 0 Å². The van der Waals surface area contributed by atoms with Gasteiger partial charge >= 0.3 is 5.97 Å². The predicted molar refractivity (Wildman–Crippen MR) is 64.1 cm³/mol. The van der Waals surface area contributed by atoms with Gasteiger partial charge in [-0.1, -0.05) is 6.92 Å². The number of nitrogens with zero attached hydrogens (tertiary/aromatic N) is 1. The molecule has 0 aliphatic carbocycles. The minimum absolute atomic E-state index is 0.0827. The Morgan fingerprint density at radius 2 is 2.28 bits per heavy atom. The summed E-state index contributed by atoms with van der Waals surface area (Å²) in [4.78, 5) is 24.3. The second kappa shape index (κ2) is 5.25. The summed E-state index contributed by atoms with van der Waals surface area (Å²) in [5, 5.41) is 8.76. The van der Waals surface area contributed by atoms with Crippen molar-refractivity contribution in [2.24, 2.45) is 5.92 Å². The Morgan fingerprint density at radius 3 is 2.94 bits per heavy atom. The molecule has 1 aromatic rings. The van der Waals surface area contributed by atoms with Gasteiger partial charge < -0.3 is 14.4 Å². The first kappa shape index (κ1) is 12.7. The van der Waals surface area contributed by atoms with Gasteiger partial charge in [0.1, 0.15) is 5.76 Å². The molecular weight excluding hydrogens is 234 g/mol. The van der Waals surface area contributed by atoms with Crippen molar-refractivity contribution in [3.8, 4) is 0 Å². The van der Waals surface area contributed by atoms with Crippen LogP contribution in [0.3, 0.4) is 0 Å². The summed E-state index contributed by atoms with van der Waals surface area (Å²) in [6, 6.07) is 3.04. The minimum atomic E-state index is -1.09. The summed E-state index contributed by atoms with van der Waals surface area (Å²) in [5.41, 5.74) is 0. The third-order valence-electron chi connectivity index (χ3n) is 3.31. The molecular formula is C13H17NO4. The molecule has 1 aliphatic rings.